The van der Waals surface area contributed by atoms with Gasteiger partial charge in [0.1, 0.15) is 6.04 Å². The first-order valence-corrected chi connectivity index (χ1v) is 12.7. The Bertz CT molecular complexity index is 968. The number of amides is 2. The monoisotopic (exact) mass is 498 g/mol. The summed E-state index contributed by atoms with van der Waals surface area (Å²) in [5, 5.41) is 24.6. The van der Waals surface area contributed by atoms with Crippen LogP contribution in [-0.2, 0) is 25.5 Å². The number of benzene rings is 1. The van der Waals surface area contributed by atoms with Gasteiger partial charge in [0.15, 0.2) is 11.4 Å². The standard InChI is InChI=1S/C28H38N2O6/c1-19(2)14-23(25(33)28(17-32)18-36-28)29-27(35)24(16-31)30-26(34)22-13-7-12-21(15-22)11-6-10-20-8-4-3-5-9-20/h3-5,7-9,12,15,19,22-24,31-32H,6,10-11,13-14,16-18H2,1-2H3,(H,29,35)(H,30,34)/t22?,23?,24-,28?/m0/s1. The lowest BCUT2D eigenvalue weighted by molar-refractivity contribution is -0.135. The molecule has 0 aromatic heterocycles. The molecule has 1 saturated heterocycles. The molecule has 4 atom stereocenters. The van der Waals surface area contributed by atoms with E-state index in [0.29, 0.717) is 12.8 Å². The Labute approximate surface area is 212 Å². The number of hydrogen-bond acceptors (Lipinski definition) is 6. The number of epoxide rings is 1. The minimum atomic E-state index is -1.26. The fourth-order valence-electron chi connectivity index (χ4n) is 4.40. The predicted molar refractivity (Wildman–Crippen MR) is 136 cm³/mol. The third kappa shape index (κ3) is 7.59. The number of ether oxygens (including phenoxy) is 1. The maximum Gasteiger partial charge on any atom is 0.245 e. The van der Waals surface area contributed by atoms with E-state index < -0.39 is 48.5 Å². The van der Waals surface area contributed by atoms with Crippen LogP contribution in [0.25, 0.3) is 0 Å². The summed E-state index contributed by atoms with van der Waals surface area (Å²) in [5.74, 6) is -1.73. The van der Waals surface area contributed by atoms with Crippen molar-refractivity contribution >= 4 is 17.6 Å². The molecule has 2 amide bonds. The van der Waals surface area contributed by atoms with Crippen molar-refractivity contribution in [3.8, 4) is 0 Å². The van der Waals surface area contributed by atoms with Gasteiger partial charge >= 0.3 is 0 Å². The van der Waals surface area contributed by atoms with Crippen LogP contribution in [0.15, 0.2) is 54.1 Å². The number of rotatable bonds is 14. The smallest absolute Gasteiger partial charge is 0.245 e. The predicted octanol–water partition coefficient (Wildman–Crippen LogP) is 1.85. The van der Waals surface area contributed by atoms with E-state index in [1.807, 2.05) is 50.3 Å². The second-order valence-corrected chi connectivity index (χ2v) is 10.1. The van der Waals surface area contributed by atoms with Gasteiger partial charge in [-0.15, -0.1) is 0 Å². The molecule has 8 nitrogen and oxygen atoms in total. The summed E-state index contributed by atoms with van der Waals surface area (Å²) >= 11 is 0. The highest BCUT2D eigenvalue weighted by Gasteiger charge is 2.54. The molecule has 1 aromatic rings. The summed E-state index contributed by atoms with van der Waals surface area (Å²) in [5.41, 5.74) is 1.08. The van der Waals surface area contributed by atoms with E-state index in [4.69, 9.17) is 4.74 Å². The molecule has 0 bridgehead atoms. The number of aliphatic hydroxyl groups is 2. The average Bonchev–Trinajstić information content (AvgIpc) is 3.68. The lowest BCUT2D eigenvalue weighted by Gasteiger charge is -2.25. The number of ketones is 1. The fourth-order valence-corrected chi connectivity index (χ4v) is 4.40. The number of carbonyl (C=O) groups excluding carboxylic acids is 3. The summed E-state index contributed by atoms with van der Waals surface area (Å²) in [6, 6.07) is 8.17. The van der Waals surface area contributed by atoms with Crippen molar-refractivity contribution in [3.63, 3.8) is 0 Å². The average molecular weight is 499 g/mol. The van der Waals surface area contributed by atoms with Crippen LogP contribution in [0.5, 0.6) is 0 Å². The molecule has 1 heterocycles. The van der Waals surface area contributed by atoms with Gasteiger partial charge in [0, 0.05) is 0 Å². The van der Waals surface area contributed by atoms with E-state index in [0.717, 1.165) is 24.8 Å². The van der Waals surface area contributed by atoms with Crippen molar-refractivity contribution in [1.29, 1.82) is 0 Å². The highest BCUT2D eigenvalue weighted by Crippen LogP contribution is 2.30. The molecule has 1 aliphatic heterocycles. The summed E-state index contributed by atoms with van der Waals surface area (Å²) in [6.45, 7) is 2.89. The number of allylic oxidation sites excluding steroid dienone is 3. The highest BCUT2D eigenvalue weighted by molar-refractivity contribution is 5.98. The first-order chi connectivity index (χ1) is 17.3. The van der Waals surface area contributed by atoms with Gasteiger partial charge in [-0.1, -0.05) is 68.0 Å². The van der Waals surface area contributed by atoms with Crippen LogP contribution in [0, 0.1) is 11.8 Å². The zero-order valence-corrected chi connectivity index (χ0v) is 21.1. The maximum atomic E-state index is 12.9. The number of aliphatic hydroxyl groups excluding tert-OH is 2. The molecule has 3 unspecified atom stereocenters. The van der Waals surface area contributed by atoms with Crippen molar-refractivity contribution in [2.45, 2.75) is 63.6 Å². The van der Waals surface area contributed by atoms with Gasteiger partial charge in [-0.2, -0.15) is 0 Å². The van der Waals surface area contributed by atoms with Gasteiger partial charge in [0.05, 0.1) is 31.8 Å². The minimum absolute atomic E-state index is 0.0929. The molecule has 1 aliphatic carbocycles. The molecule has 0 saturated carbocycles. The fraction of sp³-hybridized carbons (Fsp3) is 0.536. The Morgan fingerprint density at radius 3 is 2.42 bits per heavy atom. The van der Waals surface area contributed by atoms with E-state index in [2.05, 4.69) is 22.8 Å². The van der Waals surface area contributed by atoms with Crippen LogP contribution in [0.4, 0.5) is 0 Å². The Hall–Kier alpha value is -2.81. The number of carbonyl (C=O) groups is 3. The van der Waals surface area contributed by atoms with Crippen molar-refractivity contribution in [2.75, 3.05) is 19.8 Å². The third-order valence-electron chi connectivity index (χ3n) is 6.60. The lowest BCUT2D eigenvalue weighted by Crippen LogP contribution is -2.56. The summed E-state index contributed by atoms with van der Waals surface area (Å²) in [4.78, 5) is 38.7. The second-order valence-electron chi connectivity index (χ2n) is 10.1. The Kier molecular flexibility index (Phi) is 9.98. The van der Waals surface area contributed by atoms with Crippen LogP contribution in [0.1, 0.15) is 45.1 Å². The highest BCUT2D eigenvalue weighted by atomic mass is 16.6. The zero-order valence-electron chi connectivity index (χ0n) is 21.1. The van der Waals surface area contributed by atoms with E-state index in [9.17, 15) is 24.6 Å². The van der Waals surface area contributed by atoms with Crippen LogP contribution < -0.4 is 10.6 Å². The van der Waals surface area contributed by atoms with Crippen LogP contribution in [-0.4, -0.2) is 65.3 Å². The van der Waals surface area contributed by atoms with Gasteiger partial charge < -0.3 is 25.6 Å². The van der Waals surface area contributed by atoms with Crippen molar-refractivity contribution in [3.05, 3.63) is 59.7 Å². The molecule has 1 fully saturated rings. The Morgan fingerprint density at radius 1 is 1.08 bits per heavy atom. The van der Waals surface area contributed by atoms with Gasteiger partial charge in [-0.05, 0) is 43.6 Å². The Morgan fingerprint density at radius 2 is 1.81 bits per heavy atom. The lowest BCUT2D eigenvalue weighted by atomic mass is 9.92. The van der Waals surface area contributed by atoms with E-state index >= 15 is 0 Å². The molecular formula is C28H38N2O6. The molecule has 4 N–H and O–H groups in total. The molecule has 8 heteroatoms. The second kappa shape index (κ2) is 12.9. The van der Waals surface area contributed by atoms with Crippen molar-refractivity contribution < 1.29 is 29.3 Å². The minimum Gasteiger partial charge on any atom is -0.394 e. The summed E-state index contributed by atoms with van der Waals surface area (Å²) in [7, 11) is 0. The quantitative estimate of drug-likeness (QED) is 0.290. The number of Topliss-reactive ketones (excluding diaryl/α,β-unsaturated/α-hetero) is 1. The SMILES string of the molecule is CC(C)CC(NC(=O)[C@H](CO)NC(=O)C1C=C(CCCc2ccccc2)C=CC1)C(=O)C1(CO)CO1. The zero-order chi connectivity index (χ0) is 26.1. The van der Waals surface area contributed by atoms with Crippen LogP contribution >= 0.6 is 0 Å². The Balaban J connectivity index is 1.55. The molecule has 0 spiro atoms. The van der Waals surface area contributed by atoms with Gasteiger partial charge in [0.2, 0.25) is 11.8 Å². The van der Waals surface area contributed by atoms with Crippen molar-refractivity contribution in [2.24, 2.45) is 11.8 Å². The third-order valence-corrected chi connectivity index (χ3v) is 6.60. The summed E-state index contributed by atoms with van der Waals surface area (Å²) < 4.78 is 5.16. The van der Waals surface area contributed by atoms with Crippen LogP contribution in [0.3, 0.4) is 0 Å². The first kappa shape index (κ1) is 27.8. The molecule has 3 rings (SSSR count). The first-order valence-electron chi connectivity index (χ1n) is 12.7. The summed E-state index contributed by atoms with van der Waals surface area (Å²) in [6.07, 6.45) is 9.53. The number of hydrogen-bond donors (Lipinski definition) is 4. The normalized spacial score (nSPS) is 22.5. The van der Waals surface area contributed by atoms with E-state index in [1.165, 1.54) is 5.56 Å². The maximum absolute atomic E-state index is 12.9. The molecule has 196 valence electrons. The van der Waals surface area contributed by atoms with E-state index in [1.54, 1.807) is 0 Å². The number of nitrogens with one attached hydrogen (secondary N) is 2. The van der Waals surface area contributed by atoms with Gasteiger partial charge in [-0.25, -0.2) is 0 Å². The molecule has 1 aromatic carbocycles. The van der Waals surface area contributed by atoms with Crippen LogP contribution in [0.2, 0.25) is 0 Å². The van der Waals surface area contributed by atoms with Gasteiger partial charge in [-0.3, -0.25) is 14.4 Å². The van der Waals surface area contributed by atoms with Gasteiger partial charge in [0.25, 0.3) is 0 Å². The molecule has 0 radical (unpaired) electrons. The van der Waals surface area contributed by atoms with Crippen molar-refractivity contribution in [1.82, 2.24) is 10.6 Å². The number of aryl methyl sites for hydroxylation is 1. The molecular weight excluding hydrogens is 460 g/mol. The molecule has 2 aliphatic rings. The molecule has 36 heavy (non-hydrogen) atoms. The topological polar surface area (TPSA) is 128 Å². The van der Waals surface area contributed by atoms with E-state index in [-0.39, 0.29) is 18.4 Å². The largest absolute Gasteiger partial charge is 0.394 e.